The van der Waals surface area contributed by atoms with Crippen molar-refractivity contribution in [3.05, 3.63) is 69.8 Å². The van der Waals surface area contributed by atoms with Crippen molar-refractivity contribution in [2.24, 2.45) is 4.99 Å². The Bertz CT molecular complexity index is 794. The van der Waals surface area contributed by atoms with Gasteiger partial charge < -0.3 is 20.1 Å². The Morgan fingerprint density at radius 3 is 2.48 bits per heavy atom. The van der Waals surface area contributed by atoms with E-state index in [1.54, 1.807) is 26.4 Å². The van der Waals surface area contributed by atoms with Crippen LogP contribution in [0.5, 0.6) is 5.75 Å². The number of hydrogen-bond acceptors (Lipinski definition) is 5. The molecule has 8 nitrogen and oxygen atoms in total. The Labute approximate surface area is 171 Å². The summed E-state index contributed by atoms with van der Waals surface area (Å²) in [6.07, 6.45) is 1.65. The molecule has 2 aromatic carbocycles. The Morgan fingerprint density at radius 1 is 1.07 bits per heavy atom. The first-order valence-electron chi connectivity index (χ1n) is 9.50. The number of rotatable bonds is 11. The first-order valence-corrected chi connectivity index (χ1v) is 9.50. The van der Waals surface area contributed by atoms with Gasteiger partial charge in [0.25, 0.3) is 5.69 Å². The van der Waals surface area contributed by atoms with E-state index in [0.717, 1.165) is 36.3 Å². The Hall–Kier alpha value is -3.13. The molecule has 0 bridgehead atoms. The second-order valence-electron chi connectivity index (χ2n) is 6.35. The summed E-state index contributed by atoms with van der Waals surface area (Å²) in [5, 5.41) is 17.4. The van der Waals surface area contributed by atoms with Crippen molar-refractivity contribution in [2.45, 2.75) is 19.4 Å². The van der Waals surface area contributed by atoms with Gasteiger partial charge in [0.05, 0.1) is 18.6 Å². The van der Waals surface area contributed by atoms with E-state index in [0.29, 0.717) is 25.7 Å². The zero-order valence-electron chi connectivity index (χ0n) is 16.9. The van der Waals surface area contributed by atoms with Crippen LogP contribution in [0, 0.1) is 10.1 Å². The standard InChI is InChI=1S/C21H28N4O4/c1-28-15-5-13-22-21(23-14-12-18-6-3-4-7-20(18)29-2)24-16-17-8-10-19(11-9-17)25(26)27/h3-4,6-11H,5,12-16H2,1-2H3,(H2,22,23,24). The van der Waals surface area contributed by atoms with Crippen LogP contribution in [0.1, 0.15) is 17.5 Å². The van der Waals surface area contributed by atoms with Crippen LogP contribution in [0.4, 0.5) is 5.69 Å². The minimum atomic E-state index is -0.407. The molecule has 0 saturated carbocycles. The van der Waals surface area contributed by atoms with Gasteiger partial charge in [0, 0.05) is 38.9 Å². The summed E-state index contributed by atoms with van der Waals surface area (Å²) in [5.41, 5.74) is 2.10. The molecule has 8 heteroatoms. The van der Waals surface area contributed by atoms with E-state index >= 15 is 0 Å². The fraction of sp³-hybridized carbons (Fsp3) is 0.381. The molecule has 0 radical (unpaired) electrons. The van der Waals surface area contributed by atoms with Crippen LogP contribution in [0.3, 0.4) is 0 Å². The van der Waals surface area contributed by atoms with Crippen molar-refractivity contribution >= 4 is 11.6 Å². The van der Waals surface area contributed by atoms with Crippen molar-refractivity contribution in [1.82, 2.24) is 10.6 Å². The van der Waals surface area contributed by atoms with E-state index in [1.165, 1.54) is 12.1 Å². The van der Waals surface area contributed by atoms with Crippen molar-refractivity contribution < 1.29 is 14.4 Å². The average Bonchev–Trinajstić information content (AvgIpc) is 2.75. The zero-order valence-corrected chi connectivity index (χ0v) is 16.9. The van der Waals surface area contributed by atoms with Crippen molar-refractivity contribution in [3.8, 4) is 5.75 Å². The highest BCUT2D eigenvalue weighted by Crippen LogP contribution is 2.17. The number of guanidine groups is 1. The lowest BCUT2D eigenvalue weighted by Crippen LogP contribution is -2.39. The molecule has 0 aliphatic carbocycles. The number of ether oxygens (including phenoxy) is 2. The van der Waals surface area contributed by atoms with Crippen molar-refractivity contribution in [1.29, 1.82) is 0 Å². The van der Waals surface area contributed by atoms with Gasteiger partial charge in [-0.1, -0.05) is 30.3 Å². The minimum Gasteiger partial charge on any atom is -0.496 e. The predicted octanol–water partition coefficient (Wildman–Crippen LogP) is 2.92. The van der Waals surface area contributed by atoms with E-state index in [9.17, 15) is 10.1 Å². The molecule has 0 atom stereocenters. The van der Waals surface area contributed by atoms with Gasteiger partial charge in [-0.15, -0.1) is 0 Å². The molecule has 29 heavy (non-hydrogen) atoms. The van der Waals surface area contributed by atoms with E-state index in [-0.39, 0.29) is 5.69 Å². The molecule has 0 fully saturated rings. The maximum atomic E-state index is 10.8. The van der Waals surface area contributed by atoms with E-state index in [2.05, 4.69) is 15.6 Å². The lowest BCUT2D eigenvalue weighted by molar-refractivity contribution is -0.384. The molecule has 0 spiro atoms. The van der Waals surface area contributed by atoms with Crippen LogP contribution in [-0.4, -0.2) is 44.8 Å². The molecule has 2 rings (SSSR count). The number of methoxy groups -OCH3 is 2. The van der Waals surface area contributed by atoms with Crippen LogP contribution in [0.15, 0.2) is 53.5 Å². The monoisotopic (exact) mass is 400 g/mol. The maximum absolute atomic E-state index is 10.8. The smallest absolute Gasteiger partial charge is 0.269 e. The topological polar surface area (TPSA) is 98.0 Å². The van der Waals surface area contributed by atoms with Crippen LogP contribution < -0.4 is 15.4 Å². The first-order chi connectivity index (χ1) is 14.1. The van der Waals surface area contributed by atoms with Crippen LogP contribution in [-0.2, 0) is 17.7 Å². The van der Waals surface area contributed by atoms with E-state index in [4.69, 9.17) is 9.47 Å². The largest absolute Gasteiger partial charge is 0.496 e. The summed E-state index contributed by atoms with van der Waals surface area (Å²) in [6, 6.07) is 14.4. The summed E-state index contributed by atoms with van der Waals surface area (Å²) in [4.78, 5) is 15.0. The maximum Gasteiger partial charge on any atom is 0.269 e. The van der Waals surface area contributed by atoms with E-state index < -0.39 is 4.92 Å². The lowest BCUT2D eigenvalue weighted by Gasteiger charge is -2.14. The van der Waals surface area contributed by atoms with Crippen LogP contribution >= 0.6 is 0 Å². The van der Waals surface area contributed by atoms with Gasteiger partial charge >= 0.3 is 0 Å². The van der Waals surface area contributed by atoms with Crippen LogP contribution in [0.2, 0.25) is 0 Å². The van der Waals surface area contributed by atoms with Gasteiger partial charge in [-0.3, -0.25) is 10.1 Å². The average molecular weight is 400 g/mol. The number of nitrogens with one attached hydrogen (secondary N) is 2. The second kappa shape index (κ2) is 12.4. The molecule has 0 heterocycles. The predicted molar refractivity (Wildman–Crippen MR) is 113 cm³/mol. The Kier molecular flexibility index (Phi) is 9.44. The van der Waals surface area contributed by atoms with Crippen LogP contribution in [0.25, 0.3) is 0 Å². The highest BCUT2D eigenvalue weighted by Gasteiger charge is 2.05. The first kappa shape index (κ1) is 22.2. The zero-order chi connectivity index (χ0) is 20.9. The number of aliphatic imine (C=N–C) groups is 1. The summed E-state index contributed by atoms with van der Waals surface area (Å²) >= 11 is 0. The summed E-state index contributed by atoms with van der Waals surface area (Å²) in [6.45, 7) is 2.52. The number of non-ortho nitro benzene ring substituents is 1. The number of nitrogens with zero attached hydrogens (tertiary/aromatic N) is 2. The van der Waals surface area contributed by atoms with Crippen molar-refractivity contribution in [2.75, 3.05) is 33.9 Å². The molecule has 0 saturated heterocycles. The highest BCUT2D eigenvalue weighted by atomic mass is 16.6. The summed E-state index contributed by atoms with van der Waals surface area (Å²) in [5.74, 6) is 1.56. The number of para-hydroxylation sites is 1. The molecule has 0 aliphatic heterocycles. The minimum absolute atomic E-state index is 0.0746. The van der Waals surface area contributed by atoms with Gasteiger partial charge in [-0.2, -0.15) is 0 Å². The van der Waals surface area contributed by atoms with Gasteiger partial charge in [-0.05, 0) is 30.0 Å². The van der Waals surface area contributed by atoms with E-state index in [1.807, 2.05) is 24.3 Å². The fourth-order valence-corrected chi connectivity index (χ4v) is 2.72. The van der Waals surface area contributed by atoms with Gasteiger partial charge in [0.15, 0.2) is 5.96 Å². The normalized spacial score (nSPS) is 11.2. The molecule has 0 aliphatic rings. The summed E-state index contributed by atoms with van der Waals surface area (Å²) in [7, 11) is 3.34. The number of hydrogen-bond donors (Lipinski definition) is 2. The number of nitro groups is 1. The van der Waals surface area contributed by atoms with Gasteiger partial charge in [0.1, 0.15) is 5.75 Å². The Balaban J connectivity index is 1.95. The molecule has 2 N–H and O–H groups in total. The SMILES string of the molecule is COCCCNC(=NCc1ccc([N+](=O)[O-])cc1)NCCc1ccccc1OC. The van der Waals surface area contributed by atoms with Gasteiger partial charge in [-0.25, -0.2) is 4.99 Å². The molecule has 2 aromatic rings. The molecular formula is C21H28N4O4. The van der Waals surface area contributed by atoms with Crippen molar-refractivity contribution in [3.63, 3.8) is 0 Å². The van der Waals surface area contributed by atoms with Gasteiger partial charge in [0.2, 0.25) is 0 Å². The quantitative estimate of drug-likeness (QED) is 0.198. The number of benzene rings is 2. The third-order valence-corrected chi connectivity index (χ3v) is 4.26. The number of nitro benzene ring substituents is 1. The Morgan fingerprint density at radius 2 is 1.79 bits per heavy atom. The molecule has 0 amide bonds. The summed E-state index contributed by atoms with van der Waals surface area (Å²) < 4.78 is 10.5. The fourth-order valence-electron chi connectivity index (χ4n) is 2.72. The highest BCUT2D eigenvalue weighted by molar-refractivity contribution is 5.79. The lowest BCUT2D eigenvalue weighted by atomic mass is 10.1. The molecule has 156 valence electrons. The third-order valence-electron chi connectivity index (χ3n) is 4.26. The molecular weight excluding hydrogens is 372 g/mol. The molecule has 0 unspecified atom stereocenters. The third kappa shape index (κ3) is 7.79. The molecule has 0 aromatic heterocycles. The second-order valence-corrected chi connectivity index (χ2v) is 6.35.